The molecule has 0 aliphatic carbocycles. The van der Waals surface area contributed by atoms with Crippen molar-refractivity contribution in [2.75, 3.05) is 13.2 Å². The zero-order valence-corrected chi connectivity index (χ0v) is 13.4. The van der Waals surface area contributed by atoms with Crippen LogP contribution in [0.5, 0.6) is 0 Å². The summed E-state index contributed by atoms with van der Waals surface area (Å²) in [5.74, 6) is 0.941. The van der Waals surface area contributed by atoms with Crippen molar-refractivity contribution < 1.29 is 9.13 Å². The molecule has 2 heterocycles. The lowest BCUT2D eigenvalue weighted by Crippen LogP contribution is -2.13. The summed E-state index contributed by atoms with van der Waals surface area (Å²) in [5.41, 5.74) is 1.56. The minimum Gasteiger partial charge on any atom is -0.381 e. The predicted molar refractivity (Wildman–Crippen MR) is 80.6 cm³/mol. The van der Waals surface area contributed by atoms with Crippen molar-refractivity contribution >= 4 is 38.6 Å². The second kappa shape index (κ2) is 5.62. The second-order valence-electron chi connectivity index (χ2n) is 5.18. The zero-order chi connectivity index (χ0) is 14.3. The van der Waals surface area contributed by atoms with E-state index >= 15 is 0 Å². The van der Waals surface area contributed by atoms with Gasteiger partial charge in [-0.2, -0.15) is 0 Å². The highest BCUT2D eigenvalue weighted by Gasteiger charge is 2.22. The van der Waals surface area contributed by atoms with Gasteiger partial charge in [0.15, 0.2) is 0 Å². The molecule has 2 aromatic rings. The molecule has 6 heteroatoms. The Kier molecular flexibility index (Phi) is 4.02. The molecule has 1 aliphatic heterocycles. The second-order valence-corrected chi connectivity index (χ2v) is 6.69. The van der Waals surface area contributed by atoms with Gasteiger partial charge in [0.25, 0.3) is 0 Å². The van der Waals surface area contributed by atoms with E-state index in [9.17, 15) is 4.39 Å². The van der Waals surface area contributed by atoms with Crippen LogP contribution < -0.4 is 0 Å². The first kappa shape index (κ1) is 14.3. The van der Waals surface area contributed by atoms with Crippen LogP contribution in [0.25, 0.3) is 11.0 Å². The monoisotopic (exact) mass is 360 g/mol. The van der Waals surface area contributed by atoms with E-state index in [2.05, 4.69) is 25.5 Å². The molecule has 3 rings (SSSR count). The number of fused-ring (bicyclic) bond motifs is 1. The molecule has 1 aliphatic rings. The van der Waals surface area contributed by atoms with Crippen molar-refractivity contribution in [2.24, 2.45) is 5.92 Å². The fourth-order valence-electron chi connectivity index (χ4n) is 2.62. The third kappa shape index (κ3) is 2.59. The first-order valence-electron chi connectivity index (χ1n) is 6.63. The maximum absolute atomic E-state index is 13.6. The molecule has 3 nitrogen and oxygen atoms in total. The molecule has 2 atom stereocenters. The Hall–Kier alpha value is -0.650. The maximum atomic E-state index is 13.6. The Bertz CT molecular complexity index is 638. The van der Waals surface area contributed by atoms with Gasteiger partial charge >= 0.3 is 0 Å². The first-order valence-corrected chi connectivity index (χ1v) is 7.86. The van der Waals surface area contributed by atoms with Gasteiger partial charge in [-0.3, -0.25) is 0 Å². The van der Waals surface area contributed by atoms with Crippen molar-refractivity contribution in [1.82, 2.24) is 9.55 Å². The fourth-order valence-corrected chi connectivity index (χ4v) is 3.12. The van der Waals surface area contributed by atoms with E-state index in [-0.39, 0.29) is 11.2 Å². The lowest BCUT2D eigenvalue weighted by atomic mass is 10.1. The van der Waals surface area contributed by atoms with E-state index in [1.807, 2.05) is 6.92 Å². The summed E-state index contributed by atoms with van der Waals surface area (Å²) in [7, 11) is 0. The summed E-state index contributed by atoms with van der Waals surface area (Å²) in [4.78, 5) is 4.49. The highest BCUT2D eigenvalue weighted by molar-refractivity contribution is 9.10. The number of ether oxygens (including phenoxy) is 1. The van der Waals surface area contributed by atoms with Crippen LogP contribution in [0, 0.1) is 11.7 Å². The molecule has 1 aromatic carbocycles. The molecule has 0 radical (unpaired) electrons. The van der Waals surface area contributed by atoms with Gasteiger partial charge in [-0.15, -0.1) is 11.6 Å². The van der Waals surface area contributed by atoms with Crippen molar-refractivity contribution in [3.05, 3.63) is 28.2 Å². The lowest BCUT2D eigenvalue weighted by Gasteiger charge is -2.14. The van der Waals surface area contributed by atoms with Gasteiger partial charge in [0, 0.05) is 25.1 Å². The average Bonchev–Trinajstić information content (AvgIpc) is 3.00. The van der Waals surface area contributed by atoms with Crippen molar-refractivity contribution in [3.63, 3.8) is 0 Å². The van der Waals surface area contributed by atoms with Crippen molar-refractivity contribution in [3.8, 4) is 0 Å². The van der Waals surface area contributed by atoms with E-state index < -0.39 is 0 Å². The van der Waals surface area contributed by atoms with Crippen LogP contribution in [0.4, 0.5) is 4.39 Å². The van der Waals surface area contributed by atoms with Gasteiger partial charge in [-0.05, 0) is 35.3 Å². The molecular formula is C14H15BrClFN2O. The fraction of sp³-hybridized carbons (Fsp3) is 0.500. The smallest absolute Gasteiger partial charge is 0.139 e. The number of imidazole rings is 1. The van der Waals surface area contributed by atoms with Crippen LogP contribution in [0.15, 0.2) is 16.6 Å². The zero-order valence-electron chi connectivity index (χ0n) is 11.1. The normalized spacial score (nSPS) is 20.7. The van der Waals surface area contributed by atoms with Gasteiger partial charge in [0.05, 0.1) is 27.5 Å². The van der Waals surface area contributed by atoms with Crippen LogP contribution in [0.3, 0.4) is 0 Å². The summed E-state index contributed by atoms with van der Waals surface area (Å²) < 4.78 is 21.6. The van der Waals surface area contributed by atoms with Crippen LogP contribution in [0.1, 0.15) is 24.5 Å². The molecular weight excluding hydrogens is 347 g/mol. The van der Waals surface area contributed by atoms with Gasteiger partial charge in [-0.1, -0.05) is 0 Å². The van der Waals surface area contributed by atoms with Crippen molar-refractivity contribution in [2.45, 2.75) is 25.3 Å². The molecule has 2 unspecified atom stereocenters. The number of hydrogen-bond acceptors (Lipinski definition) is 2. The van der Waals surface area contributed by atoms with Crippen molar-refractivity contribution in [1.29, 1.82) is 0 Å². The van der Waals surface area contributed by atoms with E-state index in [1.165, 1.54) is 6.07 Å². The maximum Gasteiger partial charge on any atom is 0.139 e. The third-order valence-corrected chi connectivity index (χ3v) is 4.44. The molecule has 1 fully saturated rings. The average molecular weight is 362 g/mol. The van der Waals surface area contributed by atoms with Gasteiger partial charge < -0.3 is 9.30 Å². The number of nitrogens with zero attached hydrogens (tertiary/aromatic N) is 2. The molecule has 108 valence electrons. The van der Waals surface area contributed by atoms with Crippen LogP contribution in [-0.2, 0) is 11.3 Å². The Morgan fingerprint density at radius 3 is 3.05 bits per heavy atom. The molecule has 0 amide bonds. The lowest BCUT2D eigenvalue weighted by molar-refractivity contribution is 0.182. The minimum atomic E-state index is -0.305. The molecule has 0 N–H and O–H groups in total. The number of hydrogen-bond donors (Lipinski definition) is 0. The Labute approximate surface area is 130 Å². The number of alkyl halides is 1. The topological polar surface area (TPSA) is 27.1 Å². The molecule has 20 heavy (non-hydrogen) atoms. The van der Waals surface area contributed by atoms with Gasteiger partial charge in [0.1, 0.15) is 11.6 Å². The van der Waals surface area contributed by atoms with Gasteiger partial charge in [-0.25, -0.2) is 9.37 Å². The van der Waals surface area contributed by atoms with Crippen LogP contribution >= 0.6 is 27.5 Å². The van der Waals surface area contributed by atoms with Crippen LogP contribution in [0.2, 0.25) is 0 Å². The molecule has 0 bridgehead atoms. The van der Waals surface area contributed by atoms with E-state index in [0.29, 0.717) is 15.9 Å². The molecule has 1 saturated heterocycles. The molecule has 0 saturated carbocycles. The van der Waals surface area contributed by atoms with E-state index in [4.69, 9.17) is 16.3 Å². The number of aromatic nitrogens is 2. The van der Waals surface area contributed by atoms with E-state index in [0.717, 1.165) is 37.5 Å². The van der Waals surface area contributed by atoms with Crippen LogP contribution in [-0.4, -0.2) is 22.8 Å². The summed E-state index contributed by atoms with van der Waals surface area (Å²) >= 11 is 9.46. The van der Waals surface area contributed by atoms with Gasteiger partial charge in [0.2, 0.25) is 0 Å². The Morgan fingerprint density at radius 1 is 1.60 bits per heavy atom. The summed E-state index contributed by atoms with van der Waals surface area (Å²) in [6, 6.07) is 3.22. The predicted octanol–water partition coefficient (Wildman–Crippen LogP) is 4.27. The molecule has 1 aromatic heterocycles. The number of benzene rings is 1. The number of halogens is 3. The quantitative estimate of drug-likeness (QED) is 0.763. The summed E-state index contributed by atoms with van der Waals surface area (Å²) in [6.45, 7) is 4.26. The summed E-state index contributed by atoms with van der Waals surface area (Å²) in [5, 5.41) is -0.216. The highest BCUT2D eigenvalue weighted by Crippen LogP contribution is 2.30. The summed E-state index contributed by atoms with van der Waals surface area (Å²) in [6.07, 6.45) is 1.04. The highest BCUT2D eigenvalue weighted by atomic mass is 79.9. The first-order chi connectivity index (χ1) is 9.56. The minimum absolute atomic E-state index is 0.216. The largest absolute Gasteiger partial charge is 0.381 e. The standard InChI is InChI=1S/C14H15BrClFN2O/c1-8(16)14-18-12-5-11(17)10(15)4-13(12)19(14)6-9-2-3-20-7-9/h4-5,8-9H,2-3,6-7H2,1H3. The SMILES string of the molecule is CC(Cl)c1nc2cc(F)c(Br)cc2n1CC1CCOC1. The Morgan fingerprint density at radius 2 is 2.40 bits per heavy atom. The third-order valence-electron chi connectivity index (χ3n) is 3.64. The number of rotatable bonds is 3. The molecule has 0 spiro atoms. The Balaban J connectivity index is 2.10. The van der Waals surface area contributed by atoms with E-state index in [1.54, 1.807) is 6.07 Å².